The molecule has 7 heteroatoms. The van der Waals surface area contributed by atoms with Crippen molar-refractivity contribution in [3.63, 3.8) is 0 Å². The molecule has 7 nitrogen and oxygen atoms in total. The maximum absolute atomic E-state index is 12.1. The minimum absolute atomic E-state index is 0. The lowest BCUT2D eigenvalue weighted by Crippen LogP contribution is -2.32. The van der Waals surface area contributed by atoms with Crippen molar-refractivity contribution in [3.05, 3.63) is 53.1 Å². The standard InChI is InChI=1S/C25H35N3O4.CH4/c1-3-31-22-7-4-5-8-23(22)32-14-10-27-18(2)15-19-16-20-9-12-28(11-6-13-29)24(20)21(17-19)25(26)30;/h4-5,7-8,16-18,27,29H,3,6,9-15H2,1-2H3,(H2,26,30);1H4/t18-;/m1./s1. The number of aliphatic hydroxyl groups is 1. The molecule has 3 rings (SSSR count). The van der Waals surface area contributed by atoms with Crippen molar-refractivity contribution in [3.8, 4) is 11.5 Å². The summed E-state index contributed by atoms with van der Waals surface area (Å²) >= 11 is 0. The fourth-order valence-corrected chi connectivity index (χ4v) is 4.22. The molecule has 2 aromatic carbocycles. The van der Waals surface area contributed by atoms with Crippen molar-refractivity contribution in [2.45, 2.75) is 46.6 Å². The second kappa shape index (κ2) is 13.1. The molecule has 0 spiro atoms. The summed E-state index contributed by atoms with van der Waals surface area (Å²) in [6.07, 6.45) is 2.36. The van der Waals surface area contributed by atoms with Gasteiger partial charge in [0, 0.05) is 32.3 Å². The molecule has 182 valence electrons. The highest BCUT2D eigenvalue weighted by molar-refractivity contribution is 6.00. The molecule has 0 saturated heterocycles. The molecule has 0 unspecified atom stereocenters. The van der Waals surface area contributed by atoms with E-state index in [0.29, 0.717) is 31.7 Å². The van der Waals surface area contributed by atoms with Gasteiger partial charge >= 0.3 is 0 Å². The molecule has 2 aromatic rings. The molecule has 1 aliphatic rings. The van der Waals surface area contributed by atoms with Crippen LogP contribution in [0.1, 0.15) is 49.2 Å². The summed E-state index contributed by atoms with van der Waals surface area (Å²) < 4.78 is 11.5. The van der Waals surface area contributed by atoms with Gasteiger partial charge in [0.15, 0.2) is 11.5 Å². The highest BCUT2D eigenvalue weighted by atomic mass is 16.5. The highest BCUT2D eigenvalue weighted by Crippen LogP contribution is 2.33. The van der Waals surface area contributed by atoms with E-state index in [9.17, 15) is 4.79 Å². The van der Waals surface area contributed by atoms with Gasteiger partial charge in [0.05, 0.1) is 17.9 Å². The van der Waals surface area contributed by atoms with Crippen LogP contribution in [0.5, 0.6) is 11.5 Å². The van der Waals surface area contributed by atoms with Crippen LogP contribution in [0.3, 0.4) is 0 Å². The first-order chi connectivity index (χ1) is 15.5. The number of nitrogens with one attached hydrogen (secondary N) is 1. The number of amides is 1. The van der Waals surface area contributed by atoms with Crippen LogP contribution in [0.2, 0.25) is 0 Å². The quantitative estimate of drug-likeness (QED) is 0.400. The molecule has 4 N–H and O–H groups in total. The SMILES string of the molecule is C.CCOc1ccccc1OCCN[C@H](C)Cc1cc2c(c(C(N)=O)c1)N(CCCO)CC2. The van der Waals surface area contributed by atoms with Gasteiger partial charge in [0.1, 0.15) is 6.61 Å². The van der Waals surface area contributed by atoms with Crippen LogP contribution in [0.25, 0.3) is 0 Å². The third-order valence-electron chi connectivity index (χ3n) is 5.61. The smallest absolute Gasteiger partial charge is 0.250 e. The van der Waals surface area contributed by atoms with Gasteiger partial charge in [-0.05, 0) is 62.4 Å². The summed E-state index contributed by atoms with van der Waals surface area (Å²) in [5.74, 6) is 1.11. The summed E-state index contributed by atoms with van der Waals surface area (Å²) in [6, 6.07) is 12.0. The Morgan fingerprint density at radius 2 is 1.97 bits per heavy atom. The number of para-hydroxylation sites is 2. The Morgan fingerprint density at radius 1 is 1.24 bits per heavy atom. The molecule has 1 heterocycles. The van der Waals surface area contributed by atoms with Crippen molar-refractivity contribution >= 4 is 11.6 Å². The minimum Gasteiger partial charge on any atom is -0.490 e. The van der Waals surface area contributed by atoms with Crippen LogP contribution < -0.4 is 25.4 Å². The molecule has 1 amide bonds. The predicted molar refractivity (Wildman–Crippen MR) is 134 cm³/mol. The molecular weight excluding hydrogens is 418 g/mol. The molecule has 0 bridgehead atoms. The van der Waals surface area contributed by atoms with Gasteiger partial charge in [-0.15, -0.1) is 0 Å². The van der Waals surface area contributed by atoms with Crippen LogP contribution in [0, 0.1) is 0 Å². The highest BCUT2D eigenvalue weighted by Gasteiger charge is 2.25. The Bertz CT molecular complexity index is 903. The Labute approximate surface area is 197 Å². The Morgan fingerprint density at radius 3 is 2.64 bits per heavy atom. The summed E-state index contributed by atoms with van der Waals surface area (Å²) in [7, 11) is 0. The van der Waals surface area contributed by atoms with Crippen LogP contribution in [0.15, 0.2) is 36.4 Å². The molecule has 0 aliphatic carbocycles. The number of hydrogen-bond donors (Lipinski definition) is 3. The van der Waals surface area contributed by atoms with E-state index in [1.165, 1.54) is 0 Å². The number of fused-ring (bicyclic) bond motifs is 1. The predicted octanol–water partition coefficient (Wildman–Crippen LogP) is 3.16. The second-order valence-corrected chi connectivity index (χ2v) is 8.12. The third-order valence-corrected chi connectivity index (χ3v) is 5.61. The number of nitrogens with two attached hydrogens (primary N) is 1. The zero-order chi connectivity index (χ0) is 22.9. The van der Waals surface area contributed by atoms with E-state index in [4.69, 9.17) is 20.3 Å². The van der Waals surface area contributed by atoms with Gasteiger partial charge in [0.25, 0.3) is 5.91 Å². The number of aliphatic hydroxyl groups excluding tert-OH is 1. The summed E-state index contributed by atoms with van der Waals surface area (Å²) in [5.41, 5.74) is 9.49. The summed E-state index contributed by atoms with van der Waals surface area (Å²) in [5, 5.41) is 12.6. The molecule has 1 aliphatic heterocycles. The number of primary amides is 1. The number of ether oxygens (including phenoxy) is 2. The largest absolute Gasteiger partial charge is 0.490 e. The van der Waals surface area contributed by atoms with E-state index in [-0.39, 0.29) is 20.1 Å². The monoisotopic (exact) mass is 457 g/mol. The lowest BCUT2D eigenvalue weighted by Gasteiger charge is -2.22. The van der Waals surface area contributed by atoms with E-state index in [1.807, 2.05) is 37.3 Å². The molecule has 0 radical (unpaired) electrons. The number of benzene rings is 2. The minimum atomic E-state index is -0.402. The number of carbonyl (C=O) groups excluding carboxylic acids is 1. The first kappa shape index (κ1) is 26.5. The number of rotatable bonds is 13. The average Bonchev–Trinajstić information content (AvgIpc) is 3.18. The Kier molecular flexibility index (Phi) is 10.5. The molecule has 0 fully saturated rings. The third kappa shape index (κ3) is 7.11. The lowest BCUT2D eigenvalue weighted by molar-refractivity contribution is 0.100. The van der Waals surface area contributed by atoms with E-state index < -0.39 is 5.91 Å². The zero-order valence-electron chi connectivity index (χ0n) is 19.1. The fraction of sp³-hybridized carbons (Fsp3) is 0.500. The van der Waals surface area contributed by atoms with Crippen LogP contribution >= 0.6 is 0 Å². The first-order valence-electron chi connectivity index (χ1n) is 11.4. The topological polar surface area (TPSA) is 97.1 Å². The summed E-state index contributed by atoms with van der Waals surface area (Å²) in [6.45, 7) is 7.63. The van der Waals surface area contributed by atoms with Gasteiger partial charge in [-0.25, -0.2) is 0 Å². The van der Waals surface area contributed by atoms with E-state index in [0.717, 1.165) is 54.2 Å². The second-order valence-electron chi connectivity index (χ2n) is 8.12. The molecule has 0 aromatic heterocycles. The number of anilines is 1. The van der Waals surface area contributed by atoms with E-state index in [1.54, 1.807) is 0 Å². The van der Waals surface area contributed by atoms with E-state index in [2.05, 4.69) is 23.2 Å². The first-order valence-corrected chi connectivity index (χ1v) is 11.4. The van der Waals surface area contributed by atoms with Crippen molar-refractivity contribution < 1.29 is 19.4 Å². The van der Waals surface area contributed by atoms with Crippen LogP contribution in [-0.4, -0.2) is 56.5 Å². The number of carbonyl (C=O) groups is 1. The van der Waals surface area contributed by atoms with Gasteiger partial charge < -0.3 is 30.5 Å². The maximum atomic E-state index is 12.1. The maximum Gasteiger partial charge on any atom is 0.250 e. The van der Waals surface area contributed by atoms with Crippen LogP contribution in [0.4, 0.5) is 5.69 Å². The normalized spacial score (nSPS) is 13.2. The Hall–Kier alpha value is -2.77. The van der Waals surface area contributed by atoms with Gasteiger partial charge in [0.2, 0.25) is 0 Å². The number of nitrogens with zero attached hydrogens (tertiary/aromatic N) is 1. The van der Waals surface area contributed by atoms with Crippen molar-refractivity contribution in [2.75, 3.05) is 44.4 Å². The van der Waals surface area contributed by atoms with Gasteiger partial charge in [-0.3, -0.25) is 4.79 Å². The number of hydrogen-bond acceptors (Lipinski definition) is 6. The lowest BCUT2D eigenvalue weighted by atomic mass is 9.98. The van der Waals surface area contributed by atoms with Crippen molar-refractivity contribution in [1.29, 1.82) is 0 Å². The van der Waals surface area contributed by atoms with E-state index >= 15 is 0 Å². The van der Waals surface area contributed by atoms with Gasteiger partial charge in [-0.1, -0.05) is 25.6 Å². The van der Waals surface area contributed by atoms with Crippen molar-refractivity contribution in [2.24, 2.45) is 5.73 Å². The Balaban J connectivity index is 0.00000385. The molecular formula is C26H39N3O4. The van der Waals surface area contributed by atoms with Crippen molar-refractivity contribution in [1.82, 2.24) is 5.32 Å². The zero-order valence-corrected chi connectivity index (χ0v) is 19.1. The average molecular weight is 458 g/mol. The summed E-state index contributed by atoms with van der Waals surface area (Å²) in [4.78, 5) is 14.3. The molecule has 33 heavy (non-hydrogen) atoms. The molecule has 0 saturated carbocycles. The van der Waals surface area contributed by atoms with Crippen LogP contribution in [-0.2, 0) is 12.8 Å². The van der Waals surface area contributed by atoms with Gasteiger partial charge in [-0.2, -0.15) is 0 Å². The fourth-order valence-electron chi connectivity index (χ4n) is 4.22. The molecule has 1 atom stereocenters.